The molecule has 0 aromatic carbocycles. The molecule has 0 spiro atoms. The molecule has 2 heteroatoms. The fourth-order valence-electron chi connectivity index (χ4n) is 1.93. The van der Waals surface area contributed by atoms with E-state index in [1.165, 1.54) is 32.1 Å². The summed E-state index contributed by atoms with van der Waals surface area (Å²) in [6.45, 7) is 7.09. The van der Waals surface area contributed by atoms with Crippen molar-refractivity contribution in [2.24, 2.45) is 0 Å². The largest absolute Gasteiger partial charge is 0.342 e. The normalized spacial score (nSPS) is 11.6. The molecule has 17 heavy (non-hydrogen) atoms. The summed E-state index contributed by atoms with van der Waals surface area (Å²) in [6, 6.07) is 0. The molecule has 0 N–H and O–H groups in total. The minimum absolute atomic E-state index is 0.181. The smallest absolute Gasteiger partial charge is 0.248 e. The Morgan fingerprint density at radius 3 is 2.24 bits per heavy atom. The van der Waals surface area contributed by atoms with Gasteiger partial charge >= 0.3 is 0 Å². The number of allylic oxidation sites excluding steroid dienone is 1. The zero-order valence-corrected chi connectivity index (χ0v) is 12.1. The highest BCUT2D eigenvalue weighted by Crippen LogP contribution is 2.07. The number of hydrogen-bond donors (Lipinski definition) is 0. The van der Waals surface area contributed by atoms with Crippen LogP contribution >= 0.6 is 0 Å². The monoisotopic (exact) mass is 239 g/mol. The minimum atomic E-state index is 0.181. The molecule has 0 unspecified atom stereocenters. The van der Waals surface area contributed by atoms with Crippen molar-refractivity contribution >= 4 is 5.91 Å². The first kappa shape index (κ1) is 16.2. The molecule has 100 valence electrons. The van der Waals surface area contributed by atoms with Gasteiger partial charge in [-0.3, -0.25) is 4.79 Å². The van der Waals surface area contributed by atoms with E-state index in [0.717, 1.165) is 25.0 Å². The van der Waals surface area contributed by atoms with Gasteiger partial charge in [0.25, 0.3) is 0 Å². The lowest BCUT2D eigenvalue weighted by atomic mass is 10.1. The van der Waals surface area contributed by atoms with Crippen molar-refractivity contribution in [1.82, 2.24) is 4.90 Å². The van der Waals surface area contributed by atoms with Crippen LogP contribution in [0.2, 0.25) is 0 Å². The zero-order chi connectivity index (χ0) is 13.1. The Bertz CT molecular complexity index is 233. The summed E-state index contributed by atoms with van der Waals surface area (Å²) >= 11 is 0. The van der Waals surface area contributed by atoms with Crippen LogP contribution in [0, 0.1) is 0 Å². The van der Waals surface area contributed by atoms with E-state index in [0.29, 0.717) is 0 Å². The number of hydrogen-bond acceptors (Lipinski definition) is 1. The average molecular weight is 239 g/mol. The van der Waals surface area contributed by atoms with Gasteiger partial charge in [0.2, 0.25) is 5.91 Å². The Morgan fingerprint density at radius 2 is 1.65 bits per heavy atom. The molecule has 0 aromatic rings. The summed E-state index contributed by atoms with van der Waals surface area (Å²) < 4.78 is 0. The Labute approximate surface area is 107 Å². The zero-order valence-electron chi connectivity index (χ0n) is 12.1. The van der Waals surface area contributed by atoms with Crippen molar-refractivity contribution in [2.45, 2.75) is 65.7 Å². The molecule has 0 aliphatic heterocycles. The number of carbonyl (C=O) groups is 1. The summed E-state index contributed by atoms with van der Waals surface area (Å²) in [6.07, 6.45) is 10.6. The second-order valence-electron chi connectivity index (χ2n) is 4.79. The third kappa shape index (κ3) is 8.00. The first-order valence-electron chi connectivity index (χ1n) is 7.05. The Morgan fingerprint density at radius 1 is 1.06 bits per heavy atom. The average Bonchev–Trinajstić information content (AvgIpc) is 2.32. The molecular formula is C15H29NO. The number of carbonyl (C=O) groups excluding carboxylic acids is 1. The van der Waals surface area contributed by atoms with Crippen LogP contribution in [0.15, 0.2) is 11.6 Å². The maximum Gasteiger partial charge on any atom is 0.248 e. The van der Waals surface area contributed by atoms with Crippen LogP contribution < -0.4 is 0 Å². The molecule has 0 atom stereocenters. The maximum atomic E-state index is 11.9. The number of unbranched alkanes of at least 4 members (excludes halogenated alkanes) is 5. The fourth-order valence-corrected chi connectivity index (χ4v) is 1.93. The van der Waals surface area contributed by atoms with Crippen molar-refractivity contribution in [3.8, 4) is 0 Å². The van der Waals surface area contributed by atoms with Crippen LogP contribution in [-0.4, -0.2) is 24.4 Å². The summed E-state index contributed by atoms with van der Waals surface area (Å²) in [4.78, 5) is 13.7. The molecule has 0 heterocycles. The molecule has 2 nitrogen and oxygen atoms in total. The van der Waals surface area contributed by atoms with Gasteiger partial charge in [0.05, 0.1) is 0 Å². The van der Waals surface area contributed by atoms with E-state index in [2.05, 4.69) is 13.8 Å². The van der Waals surface area contributed by atoms with E-state index in [1.54, 1.807) is 0 Å². The Kier molecular flexibility index (Phi) is 9.89. The molecule has 0 aliphatic rings. The topological polar surface area (TPSA) is 20.3 Å². The lowest BCUT2D eigenvalue weighted by Gasteiger charge is -2.17. The van der Waals surface area contributed by atoms with Crippen LogP contribution in [-0.2, 0) is 4.79 Å². The van der Waals surface area contributed by atoms with Gasteiger partial charge < -0.3 is 4.90 Å². The van der Waals surface area contributed by atoms with Gasteiger partial charge in [0, 0.05) is 19.2 Å². The molecule has 0 bridgehead atoms. The molecule has 0 rings (SSSR count). The van der Waals surface area contributed by atoms with E-state index < -0.39 is 0 Å². The third-order valence-corrected chi connectivity index (χ3v) is 3.04. The first-order chi connectivity index (χ1) is 8.13. The van der Waals surface area contributed by atoms with Crippen molar-refractivity contribution in [3.05, 3.63) is 11.6 Å². The Balaban J connectivity index is 3.68. The highest BCUT2D eigenvalue weighted by Gasteiger charge is 2.09. The fraction of sp³-hybridized carbons (Fsp3) is 0.800. The van der Waals surface area contributed by atoms with Gasteiger partial charge in [-0.25, -0.2) is 0 Å². The molecule has 0 fully saturated rings. The maximum absolute atomic E-state index is 11.9. The van der Waals surface area contributed by atoms with Gasteiger partial charge in [0.1, 0.15) is 0 Å². The van der Waals surface area contributed by atoms with Crippen molar-refractivity contribution in [1.29, 1.82) is 0 Å². The standard InChI is InChI=1S/C15H29NO/c1-5-7-8-9-10-11-13-16(4)15(17)14(3)12-6-2/h12H,5-11,13H2,1-4H3/b14-12+. The molecule has 0 aliphatic carbocycles. The number of nitrogens with zero attached hydrogens (tertiary/aromatic N) is 1. The predicted molar refractivity (Wildman–Crippen MR) is 75.1 cm³/mol. The van der Waals surface area contributed by atoms with E-state index in [-0.39, 0.29) is 5.91 Å². The molecule has 0 saturated heterocycles. The number of rotatable bonds is 9. The second-order valence-corrected chi connectivity index (χ2v) is 4.79. The van der Waals surface area contributed by atoms with E-state index in [4.69, 9.17) is 0 Å². The predicted octanol–water partition coefficient (Wildman–Crippen LogP) is 4.16. The van der Waals surface area contributed by atoms with Gasteiger partial charge in [0.15, 0.2) is 0 Å². The molecule has 0 radical (unpaired) electrons. The highest BCUT2D eigenvalue weighted by molar-refractivity contribution is 5.92. The number of likely N-dealkylation sites (N-methyl/N-ethyl adjacent to an activating group) is 1. The van der Waals surface area contributed by atoms with Crippen LogP contribution in [0.3, 0.4) is 0 Å². The van der Waals surface area contributed by atoms with Crippen molar-refractivity contribution < 1.29 is 4.79 Å². The lowest BCUT2D eigenvalue weighted by molar-refractivity contribution is -0.125. The SMILES string of the molecule is CC/C=C(\C)C(=O)N(C)CCCCCCCC. The quantitative estimate of drug-likeness (QED) is 0.437. The van der Waals surface area contributed by atoms with Gasteiger partial charge in [-0.1, -0.05) is 52.0 Å². The van der Waals surface area contributed by atoms with Gasteiger partial charge in [-0.2, -0.15) is 0 Å². The van der Waals surface area contributed by atoms with E-state index in [1.807, 2.05) is 24.9 Å². The summed E-state index contributed by atoms with van der Waals surface area (Å²) in [5.41, 5.74) is 0.876. The van der Waals surface area contributed by atoms with Crippen LogP contribution in [0.1, 0.15) is 65.7 Å². The number of amides is 1. The van der Waals surface area contributed by atoms with Crippen LogP contribution in [0.4, 0.5) is 0 Å². The van der Waals surface area contributed by atoms with Crippen LogP contribution in [0.5, 0.6) is 0 Å². The van der Waals surface area contributed by atoms with Gasteiger partial charge in [-0.05, 0) is 19.8 Å². The second kappa shape index (κ2) is 10.4. The van der Waals surface area contributed by atoms with Gasteiger partial charge in [-0.15, -0.1) is 0 Å². The summed E-state index contributed by atoms with van der Waals surface area (Å²) in [5, 5.41) is 0. The molecule has 1 amide bonds. The minimum Gasteiger partial charge on any atom is -0.342 e. The summed E-state index contributed by atoms with van der Waals surface area (Å²) in [5.74, 6) is 0.181. The molecule has 0 aromatic heterocycles. The van der Waals surface area contributed by atoms with Crippen molar-refractivity contribution in [2.75, 3.05) is 13.6 Å². The Hall–Kier alpha value is -0.790. The third-order valence-electron chi connectivity index (χ3n) is 3.04. The van der Waals surface area contributed by atoms with Crippen molar-refractivity contribution in [3.63, 3.8) is 0 Å². The van der Waals surface area contributed by atoms with E-state index >= 15 is 0 Å². The highest BCUT2D eigenvalue weighted by atomic mass is 16.2. The van der Waals surface area contributed by atoms with E-state index in [9.17, 15) is 4.79 Å². The van der Waals surface area contributed by atoms with Crippen LogP contribution in [0.25, 0.3) is 0 Å². The molecular weight excluding hydrogens is 210 g/mol. The molecule has 0 saturated carbocycles. The summed E-state index contributed by atoms with van der Waals surface area (Å²) in [7, 11) is 1.90. The first-order valence-corrected chi connectivity index (χ1v) is 7.05. The lowest BCUT2D eigenvalue weighted by Crippen LogP contribution is -2.28.